The molecule has 0 fully saturated rings. The van der Waals surface area contributed by atoms with Crippen LogP contribution in [0.25, 0.3) is 0 Å². The van der Waals surface area contributed by atoms with E-state index in [1.54, 1.807) is 24.3 Å². The molecule has 0 spiro atoms. The minimum absolute atomic E-state index is 0.0497. The Hall–Kier alpha value is -2.14. The van der Waals surface area contributed by atoms with E-state index < -0.39 is 5.97 Å². The maximum absolute atomic E-state index is 12.1. The average Bonchev–Trinajstić information content (AvgIpc) is 2.39. The summed E-state index contributed by atoms with van der Waals surface area (Å²) in [7, 11) is 0. The molecule has 2 aromatic rings. The van der Waals surface area contributed by atoms with Crippen molar-refractivity contribution >= 4 is 33.5 Å². The number of hydrogen-bond acceptors (Lipinski definition) is 2. The molecule has 0 saturated carbocycles. The normalized spacial score (nSPS) is 10.1. The predicted octanol–water partition coefficient (Wildman–Crippen LogP) is 3.71. The van der Waals surface area contributed by atoms with E-state index >= 15 is 0 Å². The zero-order chi connectivity index (χ0) is 14.7. The third-order valence-electron chi connectivity index (χ3n) is 2.77. The maximum atomic E-state index is 12.1. The first-order valence-electron chi connectivity index (χ1n) is 5.88. The monoisotopic (exact) mass is 333 g/mol. The summed E-state index contributed by atoms with van der Waals surface area (Å²) in [5.41, 5.74) is 1.84. The molecule has 2 rings (SSSR count). The smallest absolute Gasteiger partial charge is 0.337 e. The molecule has 0 bridgehead atoms. The van der Waals surface area contributed by atoms with Gasteiger partial charge in [-0.2, -0.15) is 0 Å². The number of anilines is 1. The molecule has 4 nitrogen and oxygen atoms in total. The van der Waals surface area contributed by atoms with E-state index in [0.29, 0.717) is 10.0 Å². The first-order valence-corrected chi connectivity index (χ1v) is 6.67. The molecule has 2 N–H and O–H groups in total. The van der Waals surface area contributed by atoms with Gasteiger partial charge in [-0.3, -0.25) is 4.79 Å². The third kappa shape index (κ3) is 3.24. The second-order valence-corrected chi connectivity index (χ2v) is 5.23. The van der Waals surface area contributed by atoms with Crippen LogP contribution in [0.3, 0.4) is 0 Å². The van der Waals surface area contributed by atoms with Crippen molar-refractivity contribution in [3.63, 3.8) is 0 Å². The van der Waals surface area contributed by atoms with Gasteiger partial charge < -0.3 is 10.4 Å². The molecule has 0 radical (unpaired) electrons. The highest BCUT2D eigenvalue weighted by molar-refractivity contribution is 9.10. The van der Waals surface area contributed by atoms with Crippen LogP contribution < -0.4 is 5.32 Å². The summed E-state index contributed by atoms with van der Waals surface area (Å²) in [6.45, 7) is 1.93. The van der Waals surface area contributed by atoms with Gasteiger partial charge in [0.05, 0.1) is 11.3 Å². The number of rotatable bonds is 3. The van der Waals surface area contributed by atoms with Crippen LogP contribution in [0.2, 0.25) is 0 Å². The lowest BCUT2D eigenvalue weighted by Gasteiger charge is -2.09. The Morgan fingerprint density at radius 2 is 1.75 bits per heavy atom. The molecule has 2 aromatic carbocycles. The van der Waals surface area contributed by atoms with Gasteiger partial charge in [-0.05, 0) is 37.3 Å². The fourth-order valence-electron chi connectivity index (χ4n) is 1.71. The van der Waals surface area contributed by atoms with Crippen LogP contribution in [-0.4, -0.2) is 17.0 Å². The Bertz CT molecular complexity index is 665. The van der Waals surface area contributed by atoms with E-state index in [1.165, 1.54) is 6.07 Å². The van der Waals surface area contributed by atoms with Crippen molar-refractivity contribution < 1.29 is 14.7 Å². The first-order chi connectivity index (χ1) is 9.47. The van der Waals surface area contributed by atoms with E-state index in [4.69, 9.17) is 5.11 Å². The first kappa shape index (κ1) is 14.3. The highest BCUT2D eigenvalue weighted by Gasteiger charge is 2.13. The highest BCUT2D eigenvalue weighted by Crippen LogP contribution is 2.22. The van der Waals surface area contributed by atoms with Gasteiger partial charge in [-0.25, -0.2) is 4.79 Å². The number of nitrogens with one attached hydrogen (secondary N) is 1. The number of halogens is 1. The van der Waals surface area contributed by atoms with Crippen molar-refractivity contribution in [3.05, 3.63) is 63.6 Å². The van der Waals surface area contributed by atoms with Gasteiger partial charge in [0.1, 0.15) is 0 Å². The SMILES string of the molecule is Cc1ccc(C(=O)Nc2cc(Br)ccc2C(=O)O)cc1. The molecular formula is C15H12BrNO3. The topological polar surface area (TPSA) is 66.4 Å². The van der Waals surface area contributed by atoms with Crippen molar-refractivity contribution in [2.45, 2.75) is 6.92 Å². The molecule has 0 saturated heterocycles. The second kappa shape index (κ2) is 5.88. The van der Waals surface area contributed by atoms with E-state index in [0.717, 1.165) is 5.56 Å². The molecule has 0 atom stereocenters. The van der Waals surface area contributed by atoms with Crippen LogP contribution in [0.1, 0.15) is 26.3 Å². The summed E-state index contributed by atoms with van der Waals surface area (Å²) in [6, 6.07) is 11.7. The third-order valence-corrected chi connectivity index (χ3v) is 3.27. The van der Waals surface area contributed by atoms with Crippen LogP contribution in [-0.2, 0) is 0 Å². The van der Waals surface area contributed by atoms with Gasteiger partial charge in [0.2, 0.25) is 0 Å². The standard InChI is InChI=1S/C15H12BrNO3/c1-9-2-4-10(5-3-9)14(18)17-13-8-11(16)6-7-12(13)15(19)20/h2-8H,1H3,(H,17,18)(H,19,20). The highest BCUT2D eigenvalue weighted by atomic mass is 79.9. The van der Waals surface area contributed by atoms with Crippen LogP contribution >= 0.6 is 15.9 Å². The molecule has 0 aliphatic rings. The van der Waals surface area contributed by atoms with Crippen molar-refractivity contribution in [2.75, 3.05) is 5.32 Å². The molecule has 0 aliphatic carbocycles. The van der Waals surface area contributed by atoms with Crippen molar-refractivity contribution in [1.82, 2.24) is 0 Å². The summed E-state index contributed by atoms with van der Waals surface area (Å²) < 4.78 is 0.696. The van der Waals surface area contributed by atoms with Gasteiger partial charge in [-0.15, -0.1) is 0 Å². The molecular weight excluding hydrogens is 322 g/mol. The molecule has 0 unspecified atom stereocenters. The lowest BCUT2D eigenvalue weighted by Crippen LogP contribution is -2.14. The van der Waals surface area contributed by atoms with Gasteiger partial charge in [0.25, 0.3) is 5.91 Å². The molecule has 0 aromatic heterocycles. The second-order valence-electron chi connectivity index (χ2n) is 4.32. The zero-order valence-corrected chi connectivity index (χ0v) is 12.3. The van der Waals surface area contributed by atoms with Gasteiger partial charge in [-0.1, -0.05) is 33.6 Å². The number of benzene rings is 2. The van der Waals surface area contributed by atoms with Gasteiger partial charge >= 0.3 is 5.97 Å². The summed E-state index contributed by atoms with van der Waals surface area (Å²) in [6.07, 6.45) is 0. The van der Waals surface area contributed by atoms with Crippen LogP contribution in [0.5, 0.6) is 0 Å². The molecule has 5 heteroatoms. The van der Waals surface area contributed by atoms with Gasteiger partial charge in [0.15, 0.2) is 0 Å². The Labute approximate surface area is 124 Å². The number of hydrogen-bond donors (Lipinski definition) is 2. The van der Waals surface area contributed by atoms with Crippen LogP contribution in [0.4, 0.5) is 5.69 Å². The lowest BCUT2D eigenvalue weighted by atomic mass is 10.1. The largest absolute Gasteiger partial charge is 0.478 e. The Morgan fingerprint density at radius 3 is 2.35 bits per heavy atom. The number of amides is 1. The number of carbonyl (C=O) groups excluding carboxylic acids is 1. The van der Waals surface area contributed by atoms with Crippen molar-refractivity contribution in [3.8, 4) is 0 Å². The number of carboxylic acids is 1. The summed E-state index contributed by atoms with van der Waals surface area (Å²) in [5, 5.41) is 11.7. The summed E-state index contributed by atoms with van der Waals surface area (Å²) >= 11 is 3.26. The number of carbonyl (C=O) groups is 2. The molecule has 20 heavy (non-hydrogen) atoms. The molecule has 0 aliphatic heterocycles. The zero-order valence-electron chi connectivity index (χ0n) is 10.7. The van der Waals surface area contributed by atoms with E-state index in [-0.39, 0.29) is 17.2 Å². The number of carboxylic acid groups (broad SMARTS) is 1. The minimum Gasteiger partial charge on any atom is -0.478 e. The molecule has 1 amide bonds. The maximum Gasteiger partial charge on any atom is 0.337 e. The van der Waals surface area contributed by atoms with E-state index in [2.05, 4.69) is 21.2 Å². The van der Waals surface area contributed by atoms with E-state index in [9.17, 15) is 9.59 Å². The quantitative estimate of drug-likeness (QED) is 0.899. The lowest BCUT2D eigenvalue weighted by molar-refractivity contribution is 0.0698. The average molecular weight is 334 g/mol. The number of aryl methyl sites for hydroxylation is 1. The van der Waals surface area contributed by atoms with E-state index in [1.807, 2.05) is 19.1 Å². The van der Waals surface area contributed by atoms with Crippen molar-refractivity contribution in [2.24, 2.45) is 0 Å². The number of aromatic carboxylic acids is 1. The molecule has 0 heterocycles. The van der Waals surface area contributed by atoms with Crippen molar-refractivity contribution in [1.29, 1.82) is 0 Å². The van der Waals surface area contributed by atoms with Gasteiger partial charge in [0, 0.05) is 10.0 Å². The Morgan fingerprint density at radius 1 is 1.10 bits per heavy atom. The Kier molecular flexibility index (Phi) is 4.20. The fraction of sp³-hybridized carbons (Fsp3) is 0.0667. The van der Waals surface area contributed by atoms with Crippen LogP contribution in [0.15, 0.2) is 46.9 Å². The fourth-order valence-corrected chi connectivity index (χ4v) is 2.07. The Balaban J connectivity index is 2.29. The summed E-state index contributed by atoms with van der Waals surface area (Å²) in [5.74, 6) is -1.43. The predicted molar refractivity (Wildman–Crippen MR) is 80.2 cm³/mol. The summed E-state index contributed by atoms with van der Waals surface area (Å²) in [4.78, 5) is 23.2. The minimum atomic E-state index is -1.09. The van der Waals surface area contributed by atoms with Crippen LogP contribution in [0, 0.1) is 6.92 Å². The molecule has 102 valence electrons.